The number of nitrogens with zero attached hydrogens (tertiary/aromatic N) is 4. The largest absolute Gasteiger partial charge is 0.335 e. The Balaban J connectivity index is 1.60. The molecule has 7 heteroatoms. The molecule has 1 saturated heterocycles. The third-order valence-electron chi connectivity index (χ3n) is 4.11. The number of aromatic nitrogens is 2. The van der Waals surface area contributed by atoms with Crippen LogP contribution >= 0.6 is 23.2 Å². The van der Waals surface area contributed by atoms with Gasteiger partial charge in [-0.3, -0.25) is 14.4 Å². The van der Waals surface area contributed by atoms with Crippen molar-refractivity contribution in [2.24, 2.45) is 7.05 Å². The summed E-state index contributed by atoms with van der Waals surface area (Å²) in [6.45, 7) is 3.77. The van der Waals surface area contributed by atoms with E-state index < -0.39 is 0 Å². The van der Waals surface area contributed by atoms with Crippen molar-refractivity contribution in [1.29, 1.82) is 0 Å². The molecule has 1 aromatic carbocycles. The molecule has 0 spiro atoms. The van der Waals surface area contributed by atoms with E-state index in [1.54, 1.807) is 7.05 Å². The normalized spacial score (nSPS) is 15.9. The second kappa shape index (κ2) is 6.91. The van der Waals surface area contributed by atoms with E-state index in [4.69, 9.17) is 23.2 Å². The highest BCUT2D eigenvalue weighted by Gasteiger charge is 2.26. The minimum absolute atomic E-state index is 0.0626. The zero-order valence-corrected chi connectivity index (χ0v) is 14.4. The van der Waals surface area contributed by atoms with Crippen LogP contribution in [0.15, 0.2) is 30.5 Å². The smallest absolute Gasteiger partial charge is 0.273 e. The number of aryl methyl sites for hydroxylation is 1. The number of benzene rings is 1. The molecule has 0 saturated carbocycles. The molecule has 0 N–H and O–H groups in total. The van der Waals surface area contributed by atoms with Gasteiger partial charge >= 0.3 is 0 Å². The van der Waals surface area contributed by atoms with Crippen LogP contribution in [0.25, 0.3) is 0 Å². The van der Waals surface area contributed by atoms with Crippen LogP contribution in [0.1, 0.15) is 16.1 Å². The van der Waals surface area contributed by atoms with Crippen molar-refractivity contribution in [1.82, 2.24) is 19.6 Å². The predicted molar refractivity (Wildman–Crippen MR) is 90.9 cm³/mol. The van der Waals surface area contributed by atoms with Crippen LogP contribution in [0, 0.1) is 0 Å². The van der Waals surface area contributed by atoms with Crippen LogP contribution < -0.4 is 0 Å². The zero-order chi connectivity index (χ0) is 16.4. The molecule has 0 aliphatic carbocycles. The topological polar surface area (TPSA) is 41.4 Å². The van der Waals surface area contributed by atoms with Crippen LogP contribution in [0.4, 0.5) is 0 Å². The lowest BCUT2D eigenvalue weighted by Crippen LogP contribution is -2.48. The Labute approximate surface area is 145 Å². The first-order valence-electron chi connectivity index (χ1n) is 7.49. The number of carbonyl (C=O) groups excluding carboxylic acids is 1. The molecule has 0 radical (unpaired) electrons. The molecule has 1 aliphatic heterocycles. The van der Waals surface area contributed by atoms with Gasteiger partial charge in [0.15, 0.2) is 0 Å². The van der Waals surface area contributed by atoms with Gasteiger partial charge < -0.3 is 4.90 Å². The summed E-state index contributed by atoms with van der Waals surface area (Å²) in [6, 6.07) is 7.86. The van der Waals surface area contributed by atoms with E-state index in [9.17, 15) is 4.79 Å². The molecule has 1 aliphatic rings. The number of hydrogen-bond donors (Lipinski definition) is 0. The first kappa shape index (κ1) is 16.3. The zero-order valence-electron chi connectivity index (χ0n) is 12.9. The number of carbonyl (C=O) groups is 1. The van der Waals surface area contributed by atoms with E-state index in [0.717, 1.165) is 30.2 Å². The van der Waals surface area contributed by atoms with Gasteiger partial charge in [-0.1, -0.05) is 41.4 Å². The van der Waals surface area contributed by atoms with Crippen LogP contribution in [0.3, 0.4) is 0 Å². The molecule has 2 aromatic rings. The molecule has 5 nitrogen and oxygen atoms in total. The van der Waals surface area contributed by atoms with Crippen molar-refractivity contribution in [3.8, 4) is 0 Å². The van der Waals surface area contributed by atoms with E-state index >= 15 is 0 Å². The maximum atomic E-state index is 12.6. The summed E-state index contributed by atoms with van der Waals surface area (Å²) in [5.74, 6) is -0.0626. The highest BCUT2D eigenvalue weighted by Crippen LogP contribution is 2.20. The fourth-order valence-corrected chi connectivity index (χ4v) is 3.22. The Morgan fingerprint density at radius 3 is 2.43 bits per heavy atom. The minimum atomic E-state index is -0.0626. The fourth-order valence-electron chi connectivity index (χ4n) is 2.78. The van der Waals surface area contributed by atoms with Crippen molar-refractivity contribution in [3.63, 3.8) is 0 Å². The Bertz CT molecular complexity index is 688. The maximum absolute atomic E-state index is 12.6. The second-order valence-corrected chi connectivity index (χ2v) is 6.44. The Kier molecular flexibility index (Phi) is 4.90. The summed E-state index contributed by atoms with van der Waals surface area (Å²) in [7, 11) is 1.73. The van der Waals surface area contributed by atoms with Crippen LogP contribution in [-0.2, 0) is 13.6 Å². The number of halogens is 2. The van der Waals surface area contributed by atoms with Crippen molar-refractivity contribution < 1.29 is 4.79 Å². The van der Waals surface area contributed by atoms with Gasteiger partial charge in [-0.15, -0.1) is 0 Å². The lowest BCUT2D eigenvalue weighted by atomic mass is 10.2. The van der Waals surface area contributed by atoms with Gasteiger partial charge in [0.2, 0.25) is 0 Å². The standard InChI is InChI=1S/C16H18Cl2N4O/c1-20-15(14(18)10-19-20)16(23)22-8-6-21(7-9-22)11-12-4-2-3-5-13(12)17/h2-5,10H,6-9,11H2,1H3. The molecule has 0 atom stereocenters. The molecule has 1 amide bonds. The molecule has 0 bridgehead atoms. The second-order valence-electron chi connectivity index (χ2n) is 5.62. The third-order valence-corrected chi connectivity index (χ3v) is 4.75. The minimum Gasteiger partial charge on any atom is -0.335 e. The average molecular weight is 353 g/mol. The number of rotatable bonds is 3. The van der Waals surface area contributed by atoms with Gasteiger partial charge in [-0.2, -0.15) is 5.10 Å². The van der Waals surface area contributed by atoms with Crippen LogP contribution in [0.2, 0.25) is 10.0 Å². The van der Waals surface area contributed by atoms with Gasteiger partial charge in [0.05, 0.1) is 11.2 Å². The summed E-state index contributed by atoms with van der Waals surface area (Å²) in [5, 5.41) is 5.21. The molecule has 122 valence electrons. The monoisotopic (exact) mass is 352 g/mol. The molecule has 2 heterocycles. The summed E-state index contributed by atoms with van der Waals surface area (Å²) in [6.07, 6.45) is 1.50. The molecule has 1 fully saturated rings. The molecular weight excluding hydrogens is 335 g/mol. The molecule has 23 heavy (non-hydrogen) atoms. The molecule has 1 aromatic heterocycles. The van der Waals surface area contributed by atoms with E-state index in [1.807, 2.05) is 29.2 Å². The number of hydrogen-bond acceptors (Lipinski definition) is 3. The van der Waals surface area contributed by atoms with Gasteiger partial charge in [0.25, 0.3) is 5.91 Å². The highest BCUT2D eigenvalue weighted by molar-refractivity contribution is 6.33. The molecule has 0 unspecified atom stereocenters. The quantitative estimate of drug-likeness (QED) is 0.852. The lowest BCUT2D eigenvalue weighted by Gasteiger charge is -2.34. The number of piperazine rings is 1. The first-order valence-corrected chi connectivity index (χ1v) is 8.24. The van der Waals surface area contributed by atoms with Gasteiger partial charge in [-0.05, 0) is 11.6 Å². The summed E-state index contributed by atoms with van der Waals surface area (Å²) in [4.78, 5) is 16.7. The van der Waals surface area contributed by atoms with Gasteiger partial charge in [0.1, 0.15) is 5.69 Å². The Hall–Kier alpha value is -1.56. The Morgan fingerprint density at radius 1 is 1.13 bits per heavy atom. The van der Waals surface area contributed by atoms with E-state index in [1.165, 1.54) is 10.9 Å². The van der Waals surface area contributed by atoms with E-state index in [-0.39, 0.29) is 5.91 Å². The van der Waals surface area contributed by atoms with Crippen molar-refractivity contribution in [2.75, 3.05) is 26.2 Å². The molecule has 3 rings (SSSR count). The third kappa shape index (κ3) is 3.52. The fraction of sp³-hybridized carbons (Fsp3) is 0.375. The van der Waals surface area contributed by atoms with Gasteiger partial charge in [-0.25, -0.2) is 0 Å². The molecular formula is C16H18Cl2N4O. The predicted octanol–water partition coefficient (Wildman–Crippen LogP) is 2.68. The first-order chi connectivity index (χ1) is 11.1. The van der Waals surface area contributed by atoms with Crippen LogP contribution in [-0.4, -0.2) is 51.7 Å². The van der Waals surface area contributed by atoms with Crippen molar-refractivity contribution in [2.45, 2.75) is 6.54 Å². The number of amides is 1. The van der Waals surface area contributed by atoms with Gasteiger partial charge in [0, 0.05) is 44.8 Å². The van der Waals surface area contributed by atoms with Crippen molar-refractivity contribution >= 4 is 29.1 Å². The van der Waals surface area contributed by atoms with Crippen LogP contribution in [0.5, 0.6) is 0 Å². The highest BCUT2D eigenvalue weighted by atomic mass is 35.5. The summed E-state index contributed by atoms with van der Waals surface area (Å²) in [5.41, 5.74) is 1.56. The van der Waals surface area contributed by atoms with E-state index in [2.05, 4.69) is 10.00 Å². The summed E-state index contributed by atoms with van der Waals surface area (Å²) >= 11 is 12.3. The lowest BCUT2D eigenvalue weighted by molar-refractivity contribution is 0.0618. The maximum Gasteiger partial charge on any atom is 0.273 e. The summed E-state index contributed by atoms with van der Waals surface area (Å²) < 4.78 is 1.53. The van der Waals surface area contributed by atoms with Crippen molar-refractivity contribution in [3.05, 3.63) is 51.8 Å². The average Bonchev–Trinajstić information content (AvgIpc) is 2.88. The van der Waals surface area contributed by atoms with E-state index in [0.29, 0.717) is 23.8 Å². The Morgan fingerprint density at radius 2 is 1.83 bits per heavy atom. The SMILES string of the molecule is Cn1ncc(Cl)c1C(=O)N1CCN(Cc2ccccc2Cl)CC1.